The predicted octanol–water partition coefficient (Wildman–Crippen LogP) is 3.13. The van der Waals surface area contributed by atoms with Gasteiger partial charge in [-0.25, -0.2) is 5.10 Å². The fourth-order valence-electron chi connectivity index (χ4n) is 3.08. The molecule has 0 unspecified atom stereocenters. The van der Waals surface area contributed by atoms with Crippen LogP contribution < -0.4 is 16.6 Å². The second kappa shape index (κ2) is 7.40. The molecule has 0 saturated heterocycles. The molecule has 0 aliphatic heterocycles. The van der Waals surface area contributed by atoms with Crippen molar-refractivity contribution in [2.24, 2.45) is 5.73 Å². The first-order valence-corrected chi connectivity index (χ1v) is 8.86. The third kappa shape index (κ3) is 3.61. The molecule has 0 fully saturated rings. The van der Waals surface area contributed by atoms with Gasteiger partial charge in [-0.1, -0.05) is 42.5 Å². The van der Waals surface area contributed by atoms with Gasteiger partial charge in [0.1, 0.15) is 5.84 Å². The second-order valence-corrected chi connectivity index (χ2v) is 6.47. The van der Waals surface area contributed by atoms with Gasteiger partial charge in [0.25, 0.3) is 11.5 Å². The number of carbonyl (C=O) groups is 1. The molecule has 0 aliphatic carbocycles. The maximum Gasteiger partial charge on any atom is 0.272 e. The fraction of sp³-hybridized carbons (Fsp3) is 0. The number of benzene rings is 3. The number of rotatable bonds is 4. The number of nitrogens with two attached hydrogens (primary N) is 1. The maximum absolute atomic E-state index is 12.5. The molecule has 0 radical (unpaired) electrons. The van der Waals surface area contributed by atoms with Crippen LogP contribution in [0.5, 0.6) is 0 Å². The van der Waals surface area contributed by atoms with Crippen LogP contribution in [0.15, 0.2) is 77.6 Å². The van der Waals surface area contributed by atoms with E-state index in [-0.39, 0.29) is 17.3 Å². The minimum Gasteiger partial charge on any atom is -0.384 e. The third-order valence-electron chi connectivity index (χ3n) is 4.55. The lowest BCUT2D eigenvalue weighted by atomic mass is 10.0. The molecule has 1 heterocycles. The summed E-state index contributed by atoms with van der Waals surface area (Å²) in [7, 11) is 0. The number of nitrogen functional groups attached to an aromatic ring is 1. The molecular weight excluding hydrogens is 366 g/mol. The van der Waals surface area contributed by atoms with E-state index in [1.165, 1.54) is 0 Å². The van der Waals surface area contributed by atoms with Gasteiger partial charge in [-0.2, -0.15) is 5.10 Å². The number of H-pyrrole nitrogens is 1. The lowest BCUT2D eigenvalue weighted by molar-refractivity contribution is 0.102. The highest BCUT2D eigenvalue weighted by molar-refractivity contribution is 6.05. The van der Waals surface area contributed by atoms with E-state index in [1.807, 2.05) is 24.3 Å². The van der Waals surface area contributed by atoms with Gasteiger partial charge in [0.15, 0.2) is 0 Å². The monoisotopic (exact) mass is 383 g/mol. The van der Waals surface area contributed by atoms with Crippen LogP contribution in [0.3, 0.4) is 0 Å². The summed E-state index contributed by atoms with van der Waals surface area (Å²) in [6, 6.07) is 21.0. The van der Waals surface area contributed by atoms with Gasteiger partial charge in [-0.15, -0.1) is 0 Å². The van der Waals surface area contributed by atoms with E-state index < -0.39 is 0 Å². The highest BCUT2D eigenvalue weighted by atomic mass is 16.1. The zero-order chi connectivity index (χ0) is 20.4. The normalized spacial score (nSPS) is 10.6. The van der Waals surface area contributed by atoms with E-state index in [9.17, 15) is 9.59 Å². The van der Waals surface area contributed by atoms with Crippen molar-refractivity contribution in [3.63, 3.8) is 0 Å². The van der Waals surface area contributed by atoms with Crippen LogP contribution in [-0.4, -0.2) is 21.9 Å². The molecule has 29 heavy (non-hydrogen) atoms. The summed E-state index contributed by atoms with van der Waals surface area (Å²) in [6.07, 6.45) is 0. The highest BCUT2D eigenvalue weighted by Gasteiger charge is 2.11. The minimum absolute atomic E-state index is 0.0507. The van der Waals surface area contributed by atoms with Gasteiger partial charge < -0.3 is 11.1 Å². The first kappa shape index (κ1) is 18.1. The number of amidine groups is 1. The second-order valence-electron chi connectivity index (χ2n) is 6.47. The number of amides is 1. The van der Waals surface area contributed by atoms with Gasteiger partial charge in [0.2, 0.25) is 0 Å². The Labute approximate surface area is 165 Å². The van der Waals surface area contributed by atoms with E-state index in [1.54, 1.807) is 48.5 Å². The molecule has 3 aromatic carbocycles. The number of nitrogens with zero attached hydrogens (tertiary/aromatic N) is 1. The first-order valence-electron chi connectivity index (χ1n) is 8.86. The van der Waals surface area contributed by atoms with Crippen molar-refractivity contribution in [1.29, 1.82) is 5.41 Å². The van der Waals surface area contributed by atoms with Crippen molar-refractivity contribution < 1.29 is 4.79 Å². The summed E-state index contributed by atoms with van der Waals surface area (Å²) in [5, 5.41) is 18.3. The topological polar surface area (TPSA) is 125 Å². The molecule has 1 aromatic heterocycles. The number of anilines is 1. The van der Waals surface area contributed by atoms with Gasteiger partial charge in [0, 0.05) is 27.8 Å². The number of aromatic nitrogens is 2. The Balaban J connectivity index is 1.65. The Kier molecular flexibility index (Phi) is 4.62. The van der Waals surface area contributed by atoms with Crippen molar-refractivity contribution in [3.05, 3.63) is 94.3 Å². The van der Waals surface area contributed by atoms with Crippen LogP contribution in [0, 0.1) is 5.41 Å². The summed E-state index contributed by atoms with van der Waals surface area (Å²) in [6.45, 7) is 0. The third-order valence-corrected chi connectivity index (χ3v) is 4.55. The Morgan fingerprint density at radius 3 is 2.34 bits per heavy atom. The Morgan fingerprint density at radius 1 is 0.931 bits per heavy atom. The molecule has 0 aliphatic rings. The molecule has 142 valence electrons. The van der Waals surface area contributed by atoms with Crippen molar-refractivity contribution in [1.82, 2.24) is 10.2 Å². The fourth-order valence-corrected chi connectivity index (χ4v) is 3.08. The maximum atomic E-state index is 12.5. The van der Waals surface area contributed by atoms with Crippen molar-refractivity contribution in [2.45, 2.75) is 0 Å². The van der Waals surface area contributed by atoms with E-state index in [0.29, 0.717) is 27.9 Å². The molecule has 5 N–H and O–H groups in total. The summed E-state index contributed by atoms with van der Waals surface area (Å²) in [4.78, 5) is 24.5. The zero-order valence-electron chi connectivity index (χ0n) is 15.3. The average molecular weight is 383 g/mol. The largest absolute Gasteiger partial charge is 0.384 e. The van der Waals surface area contributed by atoms with Crippen molar-refractivity contribution >= 4 is 28.2 Å². The molecule has 1 amide bonds. The van der Waals surface area contributed by atoms with Gasteiger partial charge in [-0.05, 0) is 30.3 Å². The van der Waals surface area contributed by atoms with Crippen LogP contribution in [-0.2, 0) is 0 Å². The number of hydrogen-bond acceptors (Lipinski definition) is 4. The van der Waals surface area contributed by atoms with Crippen LogP contribution >= 0.6 is 0 Å². The van der Waals surface area contributed by atoms with Crippen LogP contribution in [0.1, 0.15) is 15.9 Å². The lowest BCUT2D eigenvalue weighted by Gasteiger charge is -2.09. The van der Waals surface area contributed by atoms with E-state index in [2.05, 4.69) is 15.5 Å². The smallest absolute Gasteiger partial charge is 0.272 e. The minimum atomic E-state index is -0.281. The molecular formula is C22H17N5O2. The molecule has 0 saturated carbocycles. The Bertz CT molecular complexity index is 1290. The zero-order valence-corrected chi connectivity index (χ0v) is 15.3. The molecule has 0 spiro atoms. The molecule has 7 heteroatoms. The van der Waals surface area contributed by atoms with Crippen molar-refractivity contribution in [3.8, 4) is 11.3 Å². The summed E-state index contributed by atoms with van der Waals surface area (Å²) >= 11 is 0. The van der Waals surface area contributed by atoms with E-state index in [4.69, 9.17) is 11.1 Å². The van der Waals surface area contributed by atoms with Gasteiger partial charge in [-0.3, -0.25) is 15.0 Å². The Hall–Kier alpha value is -4.26. The quantitative estimate of drug-likeness (QED) is 0.319. The van der Waals surface area contributed by atoms with Crippen molar-refractivity contribution in [2.75, 3.05) is 5.32 Å². The SMILES string of the molecule is N=C(N)c1ccc(C(=O)Nc2cccc(-c3n[nH]c(=O)c4ccccc34)c2)cc1. The summed E-state index contributed by atoms with van der Waals surface area (Å²) in [5.41, 5.74) is 8.19. The van der Waals surface area contributed by atoms with Crippen LogP contribution in [0.4, 0.5) is 5.69 Å². The average Bonchev–Trinajstić information content (AvgIpc) is 2.74. The number of hydrogen-bond donors (Lipinski definition) is 4. The summed E-state index contributed by atoms with van der Waals surface area (Å²) < 4.78 is 0. The first-order chi connectivity index (χ1) is 14.0. The highest BCUT2D eigenvalue weighted by Crippen LogP contribution is 2.26. The molecule has 4 rings (SSSR count). The molecule has 7 nitrogen and oxygen atoms in total. The van der Waals surface area contributed by atoms with E-state index in [0.717, 1.165) is 10.9 Å². The van der Waals surface area contributed by atoms with Crippen LogP contribution in [0.2, 0.25) is 0 Å². The number of nitrogens with one attached hydrogen (secondary N) is 3. The van der Waals surface area contributed by atoms with E-state index >= 15 is 0 Å². The lowest BCUT2D eigenvalue weighted by Crippen LogP contribution is -2.14. The molecule has 0 bridgehead atoms. The number of carbonyl (C=O) groups excluding carboxylic acids is 1. The predicted molar refractivity (Wildman–Crippen MR) is 113 cm³/mol. The number of aromatic amines is 1. The summed E-state index contributed by atoms with van der Waals surface area (Å²) in [5.74, 6) is -0.332. The van der Waals surface area contributed by atoms with Crippen LogP contribution in [0.25, 0.3) is 22.0 Å². The Morgan fingerprint density at radius 2 is 1.62 bits per heavy atom. The van der Waals surface area contributed by atoms with Gasteiger partial charge in [0.05, 0.1) is 11.1 Å². The molecule has 4 aromatic rings. The molecule has 0 atom stereocenters. The number of fused-ring (bicyclic) bond motifs is 1. The standard InChI is InChI=1S/C22H17N5O2/c23-20(24)13-8-10-14(11-9-13)21(28)25-16-5-3-4-15(12-16)19-17-6-1-2-7-18(17)22(29)27-26-19/h1-12H,(H3,23,24)(H,25,28)(H,27,29). The van der Waals surface area contributed by atoms with Gasteiger partial charge >= 0.3 is 0 Å².